The number of rotatable bonds is 5. The maximum atomic E-state index is 12.7. The number of fused-ring (bicyclic) bond motifs is 1. The van der Waals surface area contributed by atoms with Gasteiger partial charge in [0.2, 0.25) is 0 Å². The number of aromatic nitrogens is 1. The predicted octanol–water partition coefficient (Wildman–Crippen LogP) is 4.94. The van der Waals surface area contributed by atoms with E-state index < -0.39 is 16.1 Å². The molecule has 0 fully saturated rings. The molecule has 0 aliphatic heterocycles. The van der Waals surface area contributed by atoms with Gasteiger partial charge in [-0.1, -0.05) is 66.2 Å². The van der Waals surface area contributed by atoms with E-state index in [2.05, 4.69) is 4.40 Å². The van der Waals surface area contributed by atoms with Gasteiger partial charge in [0.05, 0.1) is 10.4 Å². The molecule has 156 valence electrons. The van der Waals surface area contributed by atoms with Crippen molar-refractivity contribution in [3.63, 3.8) is 0 Å². The summed E-state index contributed by atoms with van der Waals surface area (Å²) in [6.45, 7) is 2.02. The van der Waals surface area contributed by atoms with E-state index in [1.54, 1.807) is 30.3 Å². The molecule has 0 spiro atoms. The summed E-state index contributed by atoms with van der Waals surface area (Å²) in [5.74, 6) is 0. The molecule has 0 atom stereocenters. The third kappa shape index (κ3) is 4.57. The van der Waals surface area contributed by atoms with Crippen LogP contribution in [-0.4, -0.2) is 25.3 Å². The lowest BCUT2D eigenvalue weighted by molar-refractivity contribution is 0.142. The van der Waals surface area contributed by atoms with Crippen molar-refractivity contribution < 1.29 is 17.9 Å². The molecule has 4 aromatic rings. The normalized spacial score (nSPS) is 11.8. The number of carbonyl (C=O) groups is 1. The molecule has 6 nitrogen and oxygen atoms in total. The van der Waals surface area contributed by atoms with Crippen molar-refractivity contribution in [3.8, 4) is 0 Å². The summed E-state index contributed by atoms with van der Waals surface area (Å²) >= 11 is 0. The highest BCUT2D eigenvalue weighted by Gasteiger charge is 2.16. The molecule has 0 aliphatic rings. The van der Waals surface area contributed by atoms with E-state index in [9.17, 15) is 13.2 Å². The Morgan fingerprint density at radius 1 is 0.968 bits per heavy atom. The van der Waals surface area contributed by atoms with Gasteiger partial charge >= 0.3 is 6.09 Å². The first-order valence-electron chi connectivity index (χ1n) is 9.62. The Bertz CT molecular complexity index is 1360. The third-order valence-electron chi connectivity index (χ3n) is 4.79. The summed E-state index contributed by atoms with van der Waals surface area (Å²) in [5, 5.41) is 0.696. The van der Waals surface area contributed by atoms with Crippen LogP contribution in [0.1, 0.15) is 16.7 Å². The van der Waals surface area contributed by atoms with E-state index >= 15 is 0 Å². The number of ether oxygens (including phenoxy) is 1. The summed E-state index contributed by atoms with van der Waals surface area (Å²) < 4.78 is 35.7. The second kappa shape index (κ2) is 8.57. The molecule has 0 N–H and O–H groups in total. The lowest BCUT2D eigenvalue weighted by atomic mass is 10.2. The molecule has 0 saturated heterocycles. The molecular formula is C24H20N2O4S. The highest BCUT2D eigenvalue weighted by Crippen LogP contribution is 2.22. The predicted molar refractivity (Wildman–Crippen MR) is 120 cm³/mol. The maximum Gasteiger partial charge on any atom is 0.418 e. The van der Waals surface area contributed by atoms with Crippen LogP contribution in [-0.2, 0) is 21.4 Å². The number of nitrogens with zero attached hydrogens (tertiary/aromatic N) is 2. The summed E-state index contributed by atoms with van der Waals surface area (Å²) in [7, 11) is -3.86. The van der Waals surface area contributed by atoms with Gasteiger partial charge in [0.25, 0.3) is 10.0 Å². The van der Waals surface area contributed by atoms with Gasteiger partial charge in [-0.05, 0) is 30.7 Å². The van der Waals surface area contributed by atoms with Gasteiger partial charge < -0.3 is 4.74 Å². The molecule has 31 heavy (non-hydrogen) atoms. The van der Waals surface area contributed by atoms with E-state index in [0.29, 0.717) is 16.5 Å². The number of benzene rings is 3. The van der Waals surface area contributed by atoms with Gasteiger partial charge in [0, 0.05) is 23.4 Å². The minimum absolute atomic E-state index is 0.111. The minimum Gasteiger partial charge on any atom is -0.444 e. The lowest BCUT2D eigenvalue weighted by Gasteiger charge is -2.06. The van der Waals surface area contributed by atoms with Crippen LogP contribution in [0.15, 0.2) is 94.4 Å². The molecule has 0 radical (unpaired) electrons. The van der Waals surface area contributed by atoms with Gasteiger partial charge in [0.1, 0.15) is 6.61 Å². The number of hydrogen-bond acceptors (Lipinski definition) is 4. The quantitative estimate of drug-likeness (QED) is 0.419. The molecule has 1 heterocycles. The zero-order valence-electron chi connectivity index (χ0n) is 16.8. The van der Waals surface area contributed by atoms with Crippen molar-refractivity contribution in [1.29, 1.82) is 0 Å². The molecule has 3 aromatic carbocycles. The Morgan fingerprint density at radius 3 is 2.39 bits per heavy atom. The Labute approximate surface area is 180 Å². The van der Waals surface area contributed by atoms with Gasteiger partial charge in [-0.15, -0.1) is 0 Å². The lowest BCUT2D eigenvalue weighted by Crippen LogP contribution is -2.12. The fourth-order valence-corrected chi connectivity index (χ4v) is 4.00. The first kappa shape index (κ1) is 20.6. The van der Waals surface area contributed by atoms with Crippen molar-refractivity contribution in [2.24, 2.45) is 4.40 Å². The number of carbonyl (C=O) groups excluding carboxylic acids is 1. The zero-order chi connectivity index (χ0) is 21.8. The van der Waals surface area contributed by atoms with Crippen molar-refractivity contribution in [2.75, 3.05) is 0 Å². The Hall–Kier alpha value is -3.71. The fraction of sp³-hybridized carbons (Fsp3) is 0.0833. The van der Waals surface area contributed by atoms with Crippen molar-refractivity contribution in [2.45, 2.75) is 18.4 Å². The van der Waals surface area contributed by atoms with E-state index in [4.69, 9.17) is 4.74 Å². The SMILES string of the molecule is Cc1ccc(S(=O)(=O)/N=C/c2cn(C(=O)OCc3ccccc3)c3ccccc23)cc1. The van der Waals surface area contributed by atoms with Crippen LogP contribution < -0.4 is 0 Å². The summed E-state index contributed by atoms with van der Waals surface area (Å²) in [4.78, 5) is 12.8. The summed E-state index contributed by atoms with van der Waals surface area (Å²) in [6, 6.07) is 23.0. The zero-order valence-corrected chi connectivity index (χ0v) is 17.6. The number of hydrogen-bond donors (Lipinski definition) is 0. The molecular weight excluding hydrogens is 412 g/mol. The smallest absolute Gasteiger partial charge is 0.418 e. The van der Waals surface area contributed by atoms with Crippen LogP contribution in [0.2, 0.25) is 0 Å². The molecule has 0 bridgehead atoms. The van der Waals surface area contributed by atoms with Crippen molar-refractivity contribution >= 4 is 33.2 Å². The topological polar surface area (TPSA) is 77.7 Å². The van der Waals surface area contributed by atoms with Crippen LogP contribution in [0.3, 0.4) is 0 Å². The van der Waals surface area contributed by atoms with E-state index in [-0.39, 0.29) is 11.5 Å². The minimum atomic E-state index is -3.86. The largest absolute Gasteiger partial charge is 0.444 e. The monoisotopic (exact) mass is 432 g/mol. The molecule has 0 saturated carbocycles. The number of sulfonamides is 1. The van der Waals surface area contributed by atoms with Crippen molar-refractivity contribution in [1.82, 2.24) is 4.57 Å². The Balaban J connectivity index is 1.62. The molecule has 7 heteroatoms. The average molecular weight is 433 g/mol. The third-order valence-corrected chi connectivity index (χ3v) is 6.04. The van der Waals surface area contributed by atoms with E-state index in [1.165, 1.54) is 29.1 Å². The Morgan fingerprint density at radius 2 is 1.65 bits per heavy atom. The van der Waals surface area contributed by atoms with Gasteiger partial charge in [-0.25, -0.2) is 4.79 Å². The van der Waals surface area contributed by atoms with Crippen LogP contribution in [0.4, 0.5) is 4.79 Å². The van der Waals surface area contributed by atoms with E-state index in [0.717, 1.165) is 11.1 Å². The molecule has 1 aromatic heterocycles. The van der Waals surface area contributed by atoms with Crippen LogP contribution in [0.25, 0.3) is 10.9 Å². The van der Waals surface area contributed by atoms with Gasteiger partial charge in [-0.3, -0.25) is 4.57 Å². The highest BCUT2D eigenvalue weighted by molar-refractivity contribution is 7.90. The fourth-order valence-electron chi connectivity index (χ4n) is 3.15. The first-order valence-corrected chi connectivity index (χ1v) is 11.1. The Kier molecular flexibility index (Phi) is 5.68. The molecule has 0 unspecified atom stereocenters. The van der Waals surface area contributed by atoms with Crippen LogP contribution in [0, 0.1) is 6.92 Å². The molecule has 0 amide bonds. The van der Waals surface area contributed by atoms with Gasteiger partial charge in [-0.2, -0.15) is 12.8 Å². The van der Waals surface area contributed by atoms with Crippen LogP contribution >= 0.6 is 0 Å². The average Bonchev–Trinajstić information content (AvgIpc) is 3.16. The summed E-state index contributed by atoms with van der Waals surface area (Å²) in [5.41, 5.74) is 2.94. The molecule has 4 rings (SSSR count). The second-order valence-electron chi connectivity index (χ2n) is 7.03. The van der Waals surface area contributed by atoms with Crippen LogP contribution in [0.5, 0.6) is 0 Å². The highest BCUT2D eigenvalue weighted by atomic mass is 32.2. The number of aryl methyl sites for hydroxylation is 1. The van der Waals surface area contributed by atoms with Gasteiger partial charge in [0.15, 0.2) is 0 Å². The van der Waals surface area contributed by atoms with Crippen molar-refractivity contribution in [3.05, 3.63) is 102 Å². The summed E-state index contributed by atoms with van der Waals surface area (Å²) in [6.07, 6.45) is 2.24. The number of para-hydroxylation sites is 1. The van der Waals surface area contributed by atoms with E-state index in [1.807, 2.05) is 43.3 Å². The maximum absolute atomic E-state index is 12.7. The first-order chi connectivity index (χ1) is 14.9. The molecule has 0 aliphatic carbocycles. The second-order valence-corrected chi connectivity index (χ2v) is 8.67. The standard InChI is InChI=1S/C24H20N2O4S/c1-18-11-13-21(14-12-18)31(28,29)25-15-20-16-26(23-10-6-5-9-22(20)23)24(27)30-17-19-7-3-2-4-8-19/h2-16H,17H2,1H3/b25-15+.